The van der Waals surface area contributed by atoms with E-state index in [4.69, 9.17) is 0 Å². The fraction of sp³-hybridized carbons (Fsp3) is 0.219. The monoisotopic (exact) mass is 475 g/mol. The largest absolute Gasteiger partial charge is 0.333 e. The molecule has 0 aromatic heterocycles. The summed E-state index contributed by atoms with van der Waals surface area (Å²) in [6, 6.07) is 37.5. The first-order valence-electron chi connectivity index (χ1n) is 12.7. The van der Waals surface area contributed by atoms with Crippen molar-refractivity contribution in [3.8, 4) is 0 Å². The number of nitrogens with one attached hydrogen (secondary N) is 2. The van der Waals surface area contributed by atoms with Crippen molar-refractivity contribution in [3.05, 3.63) is 131 Å². The number of benzene rings is 4. The van der Waals surface area contributed by atoms with Crippen LogP contribution >= 0.6 is 0 Å². The highest BCUT2D eigenvalue weighted by Gasteiger charge is 2.34. The van der Waals surface area contributed by atoms with Crippen molar-refractivity contribution in [3.63, 3.8) is 0 Å². The predicted molar refractivity (Wildman–Crippen MR) is 148 cm³/mol. The molecule has 2 amide bonds. The molecule has 2 atom stereocenters. The van der Waals surface area contributed by atoms with E-state index in [9.17, 15) is 4.79 Å². The number of hydrogen-bond donors (Lipinski definition) is 2. The highest BCUT2D eigenvalue weighted by molar-refractivity contribution is 5.99. The van der Waals surface area contributed by atoms with Crippen molar-refractivity contribution in [1.82, 2.24) is 10.6 Å². The lowest BCUT2D eigenvalue weighted by atomic mass is 9.83. The van der Waals surface area contributed by atoms with Gasteiger partial charge in [-0.15, -0.1) is 0 Å². The Kier molecular flexibility index (Phi) is 7.15. The maximum Gasteiger partial charge on any atom is 0.326 e. The molecule has 4 nitrogen and oxygen atoms in total. The molecule has 4 heteroatoms. The zero-order valence-electron chi connectivity index (χ0n) is 20.9. The molecule has 1 aliphatic rings. The summed E-state index contributed by atoms with van der Waals surface area (Å²) >= 11 is 0. The second-order valence-corrected chi connectivity index (χ2v) is 9.70. The van der Waals surface area contributed by atoms with Gasteiger partial charge in [0.15, 0.2) is 0 Å². The third-order valence-corrected chi connectivity index (χ3v) is 7.00. The van der Waals surface area contributed by atoms with E-state index >= 15 is 0 Å². The van der Waals surface area contributed by atoms with Crippen LogP contribution in [0.2, 0.25) is 0 Å². The Morgan fingerprint density at radius 2 is 1.22 bits per heavy atom. The zero-order chi connectivity index (χ0) is 24.9. The van der Waals surface area contributed by atoms with E-state index in [0.29, 0.717) is 0 Å². The molecule has 0 spiro atoms. The van der Waals surface area contributed by atoms with Gasteiger partial charge in [0.1, 0.15) is 0 Å². The minimum Gasteiger partial charge on any atom is -0.333 e. The number of rotatable bonds is 6. The van der Waals surface area contributed by atoms with Crippen LogP contribution in [-0.2, 0) is 0 Å². The van der Waals surface area contributed by atoms with E-state index in [1.165, 1.54) is 22.3 Å². The van der Waals surface area contributed by atoms with Gasteiger partial charge in [0.2, 0.25) is 0 Å². The lowest BCUT2D eigenvalue weighted by Crippen LogP contribution is -2.43. The molecule has 1 aliphatic heterocycles. The zero-order valence-corrected chi connectivity index (χ0v) is 20.9. The highest BCUT2D eigenvalue weighted by atomic mass is 16.2. The standard InChI is InChI=1S/C32H33N3O/c1-23-13-17-25(18-14-23)31(26-19-15-24(2)16-20-26)30-21-27(22-33-30)34-32(36)35(28-9-5-3-6-10-28)29-11-7-4-8-12-29/h3-20,27,30-31,33H,21-22H2,1-2H3,(H,34,36)/t27-,30-/m1/s1. The Bertz CT molecular complexity index is 1190. The first kappa shape index (κ1) is 23.8. The summed E-state index contributed by atoms with van der Waals surface area (Å²) in [6.45, 7) is 4.98. The van der Waals surface area contributed by atoms with E-state index in [2.05, 4.69) is 73.0 Å². The van der Waals surface area contributed by atoms with Gasteiger partial charge in [0, 0.05) is 24.5 Å². The predicted octanol–water partition coefficient (Wildman–Crippen LogP) is 6.71. The van der Waals surface area contributed by atoms with Crippen molar-refractivity contribution < 1.29 is 4.79 Å². The first-order valence-corrected chi connectivity index (χ1v) is 12.7. The van der Waals surface area contributed by atoms with E-state index in [0.717, 1.165) is 24.3 Å². The molecule has 182 valence electrons. The van der Waals surface area contributed by atoms with Gasteiger partial charge in [0.05, 0.1) is 11.4 Å². The molecule has 0 radical (unpaired) electrons. The van der Waals surface area contributed by atoms with E-state index in [-0.39, 0.29) is 24.0 Å². The molecule has 36 heavy (non-hydrogen) atoms. The Morgan fingerprint density at radius 1 is 0.750 bits per heavy atom. The van der Waals surface area contributed by atoms with Crippen LogP contribution in [0, 0.1) is 13.8 Å². The molecular formula is C32H33N3O. The number of urea groups is 1. The SMILES string of the molecule is Cc1ccc(C(c2ccc(C)cc2)[C@H]2C[C@@H](NC(=O)N(c3ccccc3)c3ccccc3)CN2)cc1. The number of hydrogen-bond acceptors (Lipinski definition) is 2. The number of carbonyl (C=O) groups excluding carboxylic acids is 1. The van der Waals surface area contributed by atoms with Crippen molar-refractivity contribution in [1.29, 1.82) is 0 Å². The minimum atomic E-state index is -0.109. The summed E-state index contributed by atoms with van der Waals surface area (Å²) in [5, 5.41) is 7.03. The molecule has 0 bridgehead atoms. The average molecular weight is 476 g/mol. The molecule has 0 unspecified atom stereocenters. The van der Waals surface area contributed by atoms with Crippen LogP contribution in [0.4, 0.5) is 16.2 Å². The number of para-hydroxylation sites is 2. The van der Waals surface area contributed by atoms with Gasteiger partial charge in [0.25, 0.3) is 0 Å². The molecule has 5 rings (SSSR count). The second kappa shape index (κ2) is 10.8. The van der Waals surface area contributed by atoms with Crippen LogP contribution in [0.1, 0.15) is 34.6 Å². The van der Waals surface area contributed by atoms with Gasteiger partial charge in [-0.3, -0.25) is 4.90 Å². The molecule has 1 saturated heterocycles. The Hall–Kier alpha value is -3.89. The summed E-state index contributed by atoms with van der Waals surface area (Å²) < 4.78 is 0. The quantitative estimate of drug-likeness (QED) is 0.325. The number of carbonyl (C=O) groups is 1. The molecule has 1 fully saturated rings. The van der Waals surface area contributed by atoms with E-state index < -0.39 is 0 Å². The number of amides is 2. The van der Waals surface area contributed by atoms with Crippen molar-refractivity contribution in [2.24, 2.45) is 0 Å². The van der Waals surface area contributed by atoms with Crippen LogP contribution in [0.3, 0.4) is 0 Å². The number of anilines is 2. The summed E-state index contributed by atoms with van der Waals surface area (Å²) in [4.78, 5) is 15.3. The van der Waals surface area contributed by atoms with Crippen molar-refractivity contribution in [2.75, 3.05) is 11.4 Å². The third-order valence-electron chi connectivity index (χ3n) is 7.00. The van der Waals surface area contributed by atoms with Crippen LogP contribution in [0.15, 0.2) is 109 Å². The fourth-order valence-electron chi connectivity index (χ4n) is 5.11. The van der Waals surface area contributed by atoms with E-state index in [1.807, 2.05) is 60.7 Å². The Balaban J connectivity index is 1.36. The first-order chi connectivity index (χ1) is 17.6. The lowest BCUT2D eigenvalue weighted by Gasteiger charge is -2.27. The summed E-state index contributed by atoms with van der Waals surface area (Å²) in [5.74, 6) is 0.215. The Labute approximate surface area is 214 Å². The van der Waals surface area contributed by atoms with Crippen LogP contribution in [-0.4, -0.2) is 24.7 Å². The smallest absolute Gasteiger partial charge is 0.326 e. The van der Waals surface area contributed by atoms with Gasteiger partial charge in [-0.2, -0.15) is 0 Å². The van der Waals surface area contributed by atoms with Gasteiger partial charge >= 0.3 is 6.03 Å². The van der Waals surface area contributed by atoms with Gasteiger partial charge in [-0.1, -0.05) is 96.1 Å². The van der Waals surface area contributed by atoms with Crippen LogP contribution < -0.4 is 15.5 Å². The van der Waals surface area contributed by atoms with Crippen molar-refractivity contribution in [2.45, 2.75) is 38.3 Å². The van der Waals surface area contributed by atoms with Gasteiger partial charge in [-0.05, 0) is 55.7 Å². The number of aryl methyl sites for hydroxylation is 2. The van der Waals surface area contributed by atoms with Crippen LogP contribution in [0.25, 0.3) is 0 Å². The average Bonchev–Trinajstić information content (AvgIpc) is 3.35. The van der Waals surface area contributed by atoms with Gasteiger partial charge < -0.3 is 10.6 Å². The summed E-state index contributed by atoms with van der Waals surface area (Å²) in [5.41, 5.74) is 6.80. The molecular weight excluding hydrogens is 442 g/mol. The van der Waals surface area contributed by atoms with Crippen molar-refractivity contribution >= 4 is 17.4 Å². The topological polar surface area (TPSA) is 44.4 Å². The van der Waals surface area contributed by atoms with Crippen LogP contribution in [0.5, 0.6) is 0 Å². The highest BCUT2D eigenvalue weighted by Crippen LogP contribution is 2.33. The minimum absolute atomic E-state index is 0.0378. The maximum absolute atomic E-state index is 13.6. The Morgan fingerprint density at radius 3 is 1.69 bits per heavy atom. The molecule has 1 heterocycles. The fourth-order valence-corrected chi connectivity index (χ4v) is 5.11. The lowest BCUT2D eigenvalue weighted by molar-refractivity contribution is 0.245. The molecule has 0 aliphatic carbocycles. The summed E-state index contributed by atoms with van der Waals surface area (Å²) in [6.07, 6.45) is 0.857. The molecule has 4 aromatic rings. The van der Waals surface area contributed by atoms with Gasteiger partial charge in [-0.25, -0.2) is 4.79 Å². The third kappa shape index (κ3) is 5.34. The summed E-state index contributed by atoms with van der Waals surface area (Å²) in [7, 11) is 0. The maximum atomic E-state index is 13.6. The van der Waals surface area contributed by atoms with E-state index in [1.54, 1.807) is 4.90 Å². The molecule has 2 N–H and O–H groups in total. The molecule has 4 aromatic carbocycles. The molecule has 0 saturated carbocycles. The normalized spacial score (nSPS) is 17.2. The number of nitrogens with zero attached hydrogens (tertiary/aromatic N) is 1. The second-order valence-electron chi connectivity index (χ2n) is 9.70.